The van der Waals surface area contributed by atoms with Gasteiger partial charge in [0.2, 0.25) is 5.91 Å². The predicted octanol–water partition coefficient (Wildman–Crippen LogP) is 4.22. The van der Waals surface area contributed by atoms with Gasteiger partial charge in [0.25, 0.3) is 0 Å². The molecule has 0 atom stereocenters. The van der Waals surface area contributed by atoms with E-state index in [-0.39, 0.29) is 5.91 Å². The van der Waals surface area contributed by atoms with Crippen molar-refractivity contribution in [2.75, 3.05) is 18.2 Å². The first-order valence-electron chi connectivity index (χ1n) is 7.28. The molecule has 0 aliphatic heterocycles. The number of thioether (sulfide) groups is 1. The summed E-state index contributed by atoms with van der Waals surface area (Å²) in [6.07, 6.45) is 0. The van der Waals surface area contributed by atoms with Gasteiger partial charge in [0, 0.05) is 15.3 Å². The van der Waals surface area contributed by atoms with Crippen LogP contribution in [0.25, 0.3) is 11.0 Å². The summed E-state index contributed by atoms with van der Waals surface area (Å²) in [5.74, 6) is 1.01. The maximum atomic E-state index is 12.1. The number of methoxy groups -OCH3 is 1. The predicted molar refractivity (Wildman–Crippen MR) is 106 cm³/mol. The summed E-state index contributed by atoms with van der Waals surface area (Å²) in [5.41, 5.74) is 3.64. The molecule has 7 heteroatoms. The number of aryl methyl sites for hydroxylation is 1. The van der Waals surface area contributed by atoms with Crippen LogP contribution in [-0.4, -0.2) is 28.7 Å². The molecule has 0 fully saturated rings. The Morgan fingerprint density at radius 2 is 2.17 bits per heavy atom. The van der Waals surface area contributed by atoms with Crippen LogP contribution in [0.15, 0.2) is 41.6 Å². The lowest BCUT2D eigenvalue weighted by Crippen LogP contribution is -2.15. The highest BCUT2D eigenvalue weighted by molar-refractivity contribution is 14.1. The molecule has 0 aliphatic carbocycles. The largest absolute Gasteiger partial charge is 0.497 e. The zero-order valence-corrected chi connectivity index (χ0v) is 16.2. The highest BCUT2D eigenvalue weighted by Crippen LogP contribution is 2.23. The molecule has 124 valence electrons. The molecule has 5 nitrogen and oxygen atoms in total. The van der Waals surface area contributed by atoms with Crippen LogP contribution in [0.2, 0.25) is 0 Å². The van der Waals surface area contributed by atoms with Crippen LogP contribution in [0.3, 0.4) is 0 Å². The first kappa shape index (κ1) is 17.1. The number of nitrogens with zero attached hydrogens (tertiary/aromatic N) is 1. The average Bonchev–Trinajstić information content (AvgIpc) is 2.97. The van der Waals surface area contributed by atoms with Crippen molar-refractivity contribution in [3.05, 3.63) is 45.5 Å². The number of anilines is 1. The number of hydrogen-bond donors (Lipinski definition) is 2. The quantitative estimate of drug-likeness (QED) is 0.449. The second-order valence-electron chi connectivity index (χ2n) is 5.22. The summed E-state index contributed by atoms with van der Waals surface area (Å²) in [4.78, 5) is 19.8. The van der Waals surface area contributed by atoms with Gasteiger partial charge in [-0.1, -0.05) is 11.8 Å². The van der Waals surface area contributed by atoms with Crippen LogP contribution >= 0.6 is 34.4 Å². The minimum absolute atomic E-state index is 0.0534. The average molecular weight is 453 g/mol. The topological polar surface area (TPSA) is 67.0 Å². The first-order valence-corrected chi connectivity index (χ1v) is 9.34. The number of aromatic amines is 1. The highest BCUT2D eigenvalue weighted by atomic mass is 127. The standard InChI is InChI=1S/C17H16IN3O2S/c1-10-7-11(18)3-5-13(10)19-16(22)9-24-17-20-14-6-4-12(23-2)8-15(14)21-17/h3-8H,9H2,1-2H3,(H,19,22)(H,20,21). The third kappa shape index (κ3) is 4.02. The van der Waals surface area contributed by atoms with E-state index in [1.807, 2.05) is 43.3 Å². The molecule has 0 radical (unpaired) electrons. The monoisotopic (exact) mass is 453 g/mol. The van der Waals surface area contributed by atoms with Gasteiger partial charge in [-0.05, 0) is 65.4 Å². The fraction of sp³-hybridized carbons (Fsp3) is 0.176. The van der Waals surface area contributed by atoms with E-state index >= 15 is 0 Å². The molecule has 2 aromatic carbocycles. The molecule has 24 heavy (non-hydrogen) atoms. The second-order valence-corrected chi connectivity index (χ2v) is 7.43. The molecule has 1 heterocycles. The number of carbonyl (C=O) groups excluding carboxylic acids is 1. The van der Waals surface area contributed by atoms with Crippen LogP contribution in [0.1, 0.15) is 5.56 Å². The number of H-pyrrole nitrogens is 1. The van der Waals surface area contributed by atoms with E-state index in [0.29, 0.717) is 10.9 Å². The van der Waals surface area contributed by atoms with Crippen molar-refractivity contribution in [3.63, 3.8) is 0 Å². The number of nitrogens with one attached hydrogen (secondary N) is 2. The van der Waals surface area contributed by atoms with Gasteiger partial charge in [-0.2, -0.15) is 0 Å². The van der Waals surface area contributed by atoms with E-state index in [4.69, 9.17) is 4.74 Å². The number of fused-ring (bicyclic) bond motifs is 1. The number of benzene rings is 2. The number of carbonyl (C=O) groups is 1. The molecule has 3 rings (SSSR count). The number of hydrogen-bond acceptors (Lipinski definition) is 4. The summed E-state index contributed by atoms with van der Waals surface area (Å²) < 4.78 is 6.34. The van der Waals surface area contributed by atoms with Crippen molar-refractivity contribution in [2.45, 2.75) is 12.1 Å². The number of amides is 1. The number of halogens is 1. The smallest absolute Gasteiger partial charge is 0.234 e. The van der Waals surface area contributed by atoms with Gasteiger partial charge in [-0.15, -0.1) is 0 Å². The Labute approximate surface area is 157 Å². The fourth-order valence-electron chi connectivity index (χ4n) is 2.25. The SMILES string of the molecule is COc1ccc2nc(SCC(=O)Nc3ccc(I)cc3C)[nH]c2c1. The van der Waals surface area contributed by atoms with Gasteiger partial charge in [0.1, 0.15) is 5.75 Å². The van der Waals surface area contributed by atoms with Crippen LogP contribution in [-0.2, 0) is 4.79 Å². The molecule has 0 unspecified atom stereocenters. The second kappa shape index (κ2) is 7.43. The lowest BCUT2D eigenvalue weighted by atomic mass is 10.2. The van der Waals surface area contributed by atoms with E-state index in [9.17, 15) is 4.79 Å². The number of rotatable bonds is 5. The maximum absolute atomic E-state index is 12.1. The Hall–Kier alpha value is -1.74. The Balaban J connectivity index is 1.63. The minimum atomic E-state index is -0.0534. The third-order valence-corrected chi connectivity index (χ3v) is 5.01. The zero-order chi connectivity index (χ0) is 17.1. The Bertz CT molecular complexity index is 895. The molecule has 0 bridgehead atoms. The summed E-state index contributed by atoms with van der Waals surface area (Å²) in [6, 6.07) is 11.6. The van der Waals surface area contributed by atoms with E-state index in [0.717, 1.165) is 31.6 Å². The number of ether oxygens (including phenoxy) is 1. The van der Waals surface area contributed by atoms with Crippen LogP contribution in [0.4, 0.5) is 5.69 Å². The van der Waals surface area contributed by atoms with Crippen LogP contribution in [0, 0.1) is 10.5 Å². The maximum Gasteiger partial charge on any atom is 0.234 e. The first-order chi connectivity index (χ1) is 11.5. The highest BCUT2D eigenvalue weighted by Gasteiger charge is 2.09. The van der Waals surface area contributed by atoms with E-state index in [1.54, 1.807) is 7.11 Å². The van der Waals surface area contributed by atoms with Crippen molar-refractivity contribution < 1.29 is 9.53 Å². The van der Waals surface area contributed by atoms with Crippen molar-refractivity contribution >= 4 is 57.0 Å². The van der Waals surface area contributed by atoms with Gasteiger partial charge in [-0.3, -0.25) is 4.79 Å². The lowest BCUT2D eigenvalue weighted by Gasteiger charge is -2.08. The van der Waals surface area contributed by atoms with Gasteiger partial charge < -0.3 is 15.0 Å². The Morgan fingerprint density at radius 1 is 1.33 bits per heavy atom. The van der Waals surface area contributed by atoms with Gasteiger partial charge in [0.15, 0.2) is 5.16 Å². The van der Waals surface area contributed by atoms with Crippen molar-refractivity contribution in [1.29, 1.82) is 0 Å². The van der Waals surface area contributed by atoms with Crippen molar-refractivity contribution in [3.8, 4) is 5.75 Å². The van der Waals surface area contributed by atoms with E-state index in [1.165, 1.54) is 11.8 Å². The van der Waals surface area contributed by atoms with Crippen molar-refractivity contribution in [1.82, 2.24) is 9.97 Å². The Morgan fingerprint density at radius 3 is 2.92 bits per heavy atom. The molecular weight excluding hydrogens is 437 g/mol. The van der Waals surface area contributed by atoms with Crippen LogP contribution in [0.5, 0.6) is 5.75 Å². The fourth-order valence-corrected chi connectivity index (χ4v) is 3.58. The summed E-state index contributed by atoms with van der Waals surface area (Å²) in [6.45, 7) is 1.98. The lowest BCUT2D eigenvalue weighted by molar-refractivity contribution is -0.113. The zero-order valence-electron chi connectivity index (χ0n) is 13.2. The molecule has 0 saturated heterocycles. The molecule has 2 N–H and O–H groups in total. The normalized spacial score (nSPS) is 10.8. The summed E-state index contributed by atoms with van der Waals surface area (Å²) in [5, 5.41) is 3.65. The van der Waals surface area contributed by atoms with Gasteiger partial charge in [-0.25, -0.2) is 4.98 Å². The molecule has 3 aromatic rings. The molecule has 1 amide bonds. The van der Waals surface area contributed by atoms with Gasteiger partial charge >= 0.3 is 0 Å². The van der Waals surface area contributed by atoms with Crippen molar-refractivity contribution in [2.24, 2.45) is 0 Å². The molecule has 1 aromatic heterocycles. The molecule has 0 aliphatic rings. The third-order valence-electron chi connectivity index (χ3n) is 3.47. The molecular formula is C17H16IN3O2S. The Kier molecular flexibility index (Phi) is 5.30. The molecule has 0 spiro atoms. The van der Waals surface area contributed by atoms with E-state index in [2.05, 4.69) is 37.9 Å². The number of imidazole rings is 1. The van der Waals surface area contributed by atoms with E-state index < -0.39 is 0 Å². The summed E-state index contributed by atoms with van der Waals surface area (Å²) >= 11 is 3.63. The number of aromatic nitrogens is 2. The minimum Gasteiger partial charge on any atom is -0.497 e. The molecule has 0 saturated carbocycles. The summed E-state index contributed by atoms with van der Waals surface area (Å²) in [7, 11) is 1.63. The van der Waals surface area contributed by atoms with Crippen LogP contribution < -0.4 is 10.1 Å². The van der Waals surface area contributed by atoms with Gasteiger partial charge in [0.05, 0.1) is 23.9 Å².